The molecule has 2 N–H and O–H groups in total. The van der Waals surface area contributed by atoms with Crippen molar-refractivity contribution in [1.29, 1.82) is 0 Å². The normalized spacial score (nSPS) is 10.7. The van der Waals surface area contributed by atoms with Crippen LogP contribution in [-0.4, -0.2) is 28.6 Å². The van der Waals surface area contributed by atoms with Crippen LogP contribution in [0, 0.1) is 11.6 Å². The summed E-state index contributed by atoms with van der Waals surface area (Å²) >= 11 is 1.34. The van der Waals surface area contributed by atoms with Gasteiger partial charge in [-0.2, -0.15) is 0 Å². The van der Waals surface area contributed by atoms with Gasteiger partial charge in [0.15, 0.2) is 0 Å². The molecule has 29 heavy (non-hydrogen) atoms. The molecule has 6 nitrogen and oxygen atoms in total. The molecule has 0 unspecified atom stereocenters. The van der Waals surface area contributed by atoms with Crippen LogP contribution in [0.15, 0.2) is 18.2 Å². The van der Waals surface area contributed by atoms with Crippen molar-refractivity contribution in [3.63, 3.8) is 0 Å². The maximum atomic E-state index is 13.5. The van der Waals surface area contributed by atoms with Crippen molar-refractivity contribution in [1.82, 2.24) is 15.5 Å². The summed E-state index contributed by atoms with van der Waals surface area (Å²) in [5.41, 5.74) is -0.268. The summed E-state index contributed by atoms with van der Waals surface area (Å²) in [5, 5.41) is 14.4. The molecule has 0 spiro atoms. The average Bonchev–Trinajstić information content (AvgIpc) is 3.11. The molecule has 0 saturated carbocycles. The fourth-order valence-electron chi connectivity index (χ4n) is 2.70. The SMILES string of the molecule is CCCCCCCCc1nnc(NC(=O)CCNC(=O)c2ccc(F)cc2F)s1. The van der Waals surface area contributed by atoms with Crippen LogP contribution in [0.5, 0.6) is 0 Å². The largest absolute Gasteiger partial charge is 0.351 e. The van der Waals surface area contributed by atoms with Crippen LogP contribution >= 0.6 is 11.3 Å². The fraction of sp³-hybridized carbons (Fsp3) is 0.500. The lowest BCUT2D eigenvalue weighted by Crippen LogP contribution is -2.28. The number of halogens is 2. The zero-order chi connectivity index (χ0) is 21.1. The maximum Gasteiger partial charge on any atom is 0.254 e. The van der Waals surface area contributed by atoms with E-state index < -0.39 is 17.5 Å². The molecule has 1 aromatic heterocycles. The third-order valence-corrected chi connectivity index (χ3v) is 5.17. The van der Waals surface area contributed by atoms with Gasteiger partial charge in [-0.05, 0) is 18.6 Å². The quantitative estimate of drug-likeness (QED) is 0.492. The number of aryl methyl sites for hydroxylation is 1. The van der Waals surface area contributed by atoms with E-state index in [4.69, 9.17) is 0 Å². The lowest BCUT2D eigenvalue weighted by molar-refractivity contribution is -0.116. The molecule has 1 aromatic carbocycles. The number of benzene rings is 1. The van der Waals surface area contributed by atoms with Crippen molar-refractivity contribution < 1.29 is 18.4 Å². The van der Waals surface area contributed by atoms with Gasteiger partial charge in [-0.1, -0.05) is 50.4 Å². The number of hydrogen-bond acceptors (Lipinski definition) is 5. The Balaban J connectivity index is 1.66. The second kappa shape index (κ2) is 12.2. The molecule has 0 saturated heterocycles. The Morgan fingerprint density at radius 1 is 1.07 bits per heavy atom. The van der Waals surface area contributed by atoms with Gasteiger partial charge < -0.3 is 10.6 Å². The minimum atomic E-state index is -0.946. The second-order valence-corrected chi connectivity index (χ2v) is 7.76. The van der Waals surface area contributed by atoms with E-state index in [1.165, 1.54) is 37.0 Å². The Labute approximate surface area is 173 Å². The zero-order valence-electron chi connectivity index (χ0n) is 16.5. The van der Waals surface area contributed by atoms with E-state index in [0.717, 1.165) is 36.4 Å². The number of hydrogen-bond donors (Lipinski definition) is 2. The van der Waals surface area contributed by atoms with E-state index in [9.17, 15) is 18.4 Å². The van der Waals surface area contributed by atoms with Crippen LogP contribution in [-0.2, 0) is 11.2 Å². The summed E-state index contributed by atoms with van der Waals surface area (Å²) in [6.45, 7) is 2.21. The van der Waals surface area contributed by atoms with Crippen LogP contribution in [0.2, 0.25) is 0 Å². The number of anilines is 1. The molecule has 2 rings (SSSR count). The minimum absolute atomic E-state index is 0.000889. The van der Waals surface area contributed by atoms with Crippen LogP contribution in [0.1, 0.15) is 67.2 Å². The van der Waals surface area contributed by atoms with Gasteiger partial charge in [0.2, 0.25) is 11.0 Å². The van der Waals surface area contributed by atoms with Crippen LogP contribution < -0.4 is 10.6 Å². The monoisotopic (exact) mass is 424 g/mol. The molecule has 0 bridgehead atoms. The highest BCUT2D eigenvalue weighted by Gasteiger charge is 2.13. The molecular weight excluding hydrogens is 398 g/mol. The third-order valence-electron chi connectivity index (χ3n) is 4.27. The first kappa shape index (κ1) is 22.9. The first-order valence-corrected chi connectivity index (χ1v) is 10.7. The standard InChI is InChI=1S/C20H26F2N4O2S/c1-2-3-4-5-6-7-8-18-25-26-20(29-18)24-17(27)11-12-23-19(28)15-10-9-14(21)13-16(15)22/h9-10,13H,2-8,11-12H2,1H3,(H,23,28)(H,24,26,27). The summed E-state index contributed by atoms with van der Waals surface area (Å²) in [6.07, 6.45) is 8.05. The fourth-order valence-corrected chi connectivity index (χ4v) is 3.50. The molecule has 0 radical (unpaired) electrons. The van der Waals surface area contributed by atoms with Crippen molar-refractivity contribution in [2.45, 2.75) is 58.3 Å². The molecule has 158 valence electrons. The summed E-state index contributed by atoms with van der Waals surface area (Å²) in [7, 11) is 0. The molecule has 1 heterocycles. The van der Waals surface area contributed by atoms with Gasteiger partial charge in [-0.25, -0.2) is 8.78 Å². The zero-order valence-corrected chi connectivity index (χ0v) is 17.3. The number of amides is 2. The van der Waals surface area contributed by atoms with E-state index in [1.807, 2.05) is 0 Å². The van der Waals surface area contributed by atoms with Gasteiger partial charge in [-0.3, -0.25) is 9.59 Å². The smallest absolute Gasteiger partial charge is 0.254 e. The van der Waals surface area contributed by atoms with Crippen molar-refractivity contribution in [3.05, 3.63) is 40.4 Å². The summed E-state index contributed by atoms with van der Waals surface area (Å²) in [5.74, 6) is -2.73. The summed E-state index contributed by atoms with van der Waals surface area (Å²) in [6, 6.07) is 2.70. The van der Waals surface area contributed by atoms with Crippen molar-refractivity contribution in [2.24, 2.45) is 0 Å². The lowest BCUT2D eigenvalue weighted by Gasteiger charge is -2.06. The van der Waals surface area contributed by atoms with Gasteiger partial charge in [0.05, 0.1) is 5.56 Å². The number of rotatable bonds is 12. The van der Waals surface area contributed by atoms with Crippen LogP contribution in [0.4, 0.5) is 13.9 Å². The first-order chi connectivity index (χ1) is 14.0. The Morgan fingerprint density at radius 2 is 1.83 bits per heavy atom. The topological polar surface area (TPSA) is 84.0 Å². The maximum absolute atomic E-state index is 13.5. The molecule has 2 aromatic rings. The van der Waals surface area contributed by atoms with E-state index in [2.05, 4.69) is 27.8 Å². The highest BCUT2D eigenvalue weighted by atomic mass is 32.1. The highest BCUT2D eigenvalue weighted by Crippen LogP contribution is 2.18. The summed E-state index contributed by atoms with van der Waals surface area (Å²) in [4.78, 5) is 23.8. The predicted molar refractivity (Wildman–Crippen MR) is 109 cm³/mol. The predicted octanol–water partition coefficient (Wildman–Crippen LogP) is 4.48. The summed E-state index contributed by atoms with van der Waals surface area (Å²) < 4.78 is 26.4. The van der Waals surface area contributed by atoms with E-state index in [1.54, 1.807) is 0 Å². The Hall–Kier alpha value is -2.42. The number of unbranched alkanes of at least 4 members (excludes halogenated alkanes) is 5. The number of carbonyl (C=O) groups is 2. The molecule has 9 heteroatoms. The number of carbonyl (C=O) groups excluding carboxylic acids is 2. The van der Waals surface area contributed by atoms with E-state index in [0.29, 0.717) is 11.2 Å². The molecule has 0 aliphatic heterocycles. The molecule has 2 amide bonds. The molecular formula is C20H26F2N4O2S. The van der Waals surface area contributed by atoms with Gasteiger partial charge >= 0.3 is 0 Å². The van der Waals surface area contributed by atoms with E-state index in [-0.39, 0.29) is 24.4 Å². The van der Waals surface area contributed by atoms with Gasteiger partial charge in [0, 0.05) is 25.5 Å². The van der Waals surface area contributed by atoms with Crippen LogP contribution in [0.3, 0.4) is 0 Å². The minimum Gasteiger partial charge on any atom is -0.351 e. The Morgan fingerprint density at radius 3 is 2.59 bits per heavy atom. The third kappa shape index (κ3) is 8.23. The van der Waals surface area contributed by atoms with E-state index >= 15 is 0 Å². The number of aromatic nitrogens is 2. The van der Waals surface area contributed by atoms with Crippen LogP contribution in [0.25, 0.3) is 0 Å². The number of nitrogens with one attached hydrogen (secondary N) is 2. The van der Waals surface area contributed by atoms with Gasteiger partial charge in [0.1, 0.15) is 16.6 Å². The second-order valence-electron chi connectivity index (χ2n) is 6.70. The average molecular weight is 425 g/mol. The Kier molecular flexibility index (Phi) is 9.63. The Bertz CT molecular complexity index is 814. The van der Waals surface area contributed by atoms with Gasteiger partial charge in [0.25, 0.3) is 5.91 Å². The highest BCUT2D eigenvalue weighted by molar-refractivity contribution is 7.15. The van der Waals surface area contributed by atoms with Crippen molar-refractivity contribution in [3.8, 4) is 0 Å². The molecule has 0 fully saturated rings. The first-order valence-electron chi connectivity index (χ1n) is 9.85. The van der Waals surface area contributed by atoms with Gasteiger partial charge in [-0.15, -0.1) is 10.2 Å². The van der Waals surface area contributed by atoms with Crippen molar-refractivity contribution >= 4 is 28.3 Å². The lowest BCUT2D eigenvalue weighted by atomic mass is 10.1. The molecule has 0 aliphatic rings. The molecule has 0 atom stereocenters. The van der Waals surface area contributed by atoms with Crippen molar-refractivity contribution in [2.75, 3.05) is 11.9 Å². The number of nitrogens with zero attached hydrogens (tertiary/aromatic N) is 2. The molecule has 0 aliphatic carbocycles.